The van der Waals surface area contributed by atoms with Crippen LogP contribution in [0.5, 0.6) is 5.75 Å². The fourth-order valence-corrected chi connectivity index (χ4v) is 2.18. The van der Waals surface area contributed by atoms with Crippen LogP contribution < -0.4 is 4.74 Å². The number of carbonyl (C=O) groups is 2. The number of halogens is 1. The topological polar surface area (TPSA) is 63.6 Å². The second kappa shape index (κ2) is 7.56. The summed E-state index contributed by atoms with van der Waals surface area (Å²) in [6, 6.07) is 14.0. The molecule has 0 bridgehead atoms. The minimum Gasteiger partial charge on any atom is -0.482 e. The molecule has 4 nitrogen and oxygen atoms in total. The molecule has 0 aliphatic carbocycles. The molecule has 0 fully saturated rings. The van der Waals surface area contributed by atoms with Crippen LogP contribution in [-0.4, -0.2) is 23.5 Å². The first-order valence-corrected chi connectivity index (χ1v) is 7.26. The average Bonchev–Trinajstić information content (AvgIpc) is 2.51. The van der Waals surface area contributed by atoms with Crippen LogP contribution in [0.25, 0.3) is 6.08 Å². The van der Waals surface area contributed by atoms with E-state index in [1.54, 1.807) is 24.3 Å². The summed E-state index contributed by atoms with van der Waals surface area (Å²) in [6.45, 7) is -0.439. The Morgan fingerprint density at radius 1 is 1.14 bits per heavy atom. The molecule has 5 heteroatoms. The van der Waals surface area contributed by atoms with Crippen molar-refractivity contribution < 1.29 is 19.4 Å². The number of hydrogen-bond acceptors (Lipinski definition) is 3. The van der Waals surface area contributed by atoms with Crippen molar-refractivity contribution in [2.75, 3.05) is 6.61 Å². The number of carboxylic acids is 1. The van der Waals surface area contributed by atoms with Crippen molar-refractivity contribution in [3.63, 3.8) is 0 Å². The van der Waals surface area contributed by atoms with Crippen LogP contribution in [-0.2, 0) is 4.79 Å². The molecular formula is C17H13BrO4. The highest BCUT2D eigenvalue weighted by Gasteiger charge is 2.05. The van der Waals surface area contributed by atoms with Gasteiger partial charge in [0.25, 0.3) is 0 Å². The van der Waals surface area contributed by atoms with Gasteiger partial charge in [-0.25, -0.2) is 4.79 Å². The molecule has 0 heterocycles. The Balaban J connectivity index is 2.09. The van der Waals surface area contributed by atoms with Gasteiger partial charge < -0.3 is 9.84 Å². The summed E-state index contributed by atoms with van der Waals surface area (Å²) in [5.74, 6) is -0.892. The maximum absolute atomic E-state index is 12.1. The number of ether oxygens (including phenoxy) is 1. The van der Waals surface area contributed by atoms with Crippen molar-refractivity contribution in [2.45, 2.75) is 0 Å². The number of ketones is 1. The van der Waals surface area contributed by atoms with E-state index in [0.29, 0.717) is 11.3 Å². The van der Waals surface area contributed by atoms with Crippen LogP contribution in [0.1, 0.15) is 15.9 Å². The van der Waals surface area contributed by atoms with E-state index >= 15 is 0 Å². The maximum atomic E-state index is 12.1. The smallest absolute Gasteiger partial charge is 0.341 e. The molecule has 0 unspecified atom stereocenters. The summed E-state index contributed by atoms with van der Waals surface area (Å²) >= 11 is 3.37. The van der Waals surface area contributed by atoms with Gasteiger partial charge in [-0.05, 0) is 35.9 Å². The number of hydrogen-bond donors (Lipinski definition) is 1. The molecule has 22 heavy (non-hydrogen) atoms. The van der Waals surface area contributed by atoms with Gasteiger partial charge in [-0.1, -0.05) is 46.3 Å². The van der Waals surface area contributed by atoms with E-state index in [2.05, 4.69) is 15.9 Å². The highest BCUT2D eigenvalue weighted by atomic mass is 79.9. The Bertz CT molecular complexity index is 722. The van der Waals surface area contributed by atoms with Gasteiger partial charge in [0.2, 0.25) is 0 Å². The zero-order valence-corrected chi connectivity index (χ0v) is 13.1. The summed E-state index contributed by atoms with van der Waals surface area (Å²) in [6.07, 6.45) is 3.19. The molecule has 0 saturated heterocycles. The number of rotatable bonds is 6. The lowest BCUT2D eigenvalue weighted by atomic mass is 10.1. The molecule has 2 aromatic rings. The SMILES string of the molecule is O=C(O)COc1cccc(C(=O)/C=C/c2cccc(Br)c2)c1. The zero-order valence-electron chi connectivity index (χ0n) is 11.5. The van der Waals surface area contributed by atoms with Crippen LogP contribution in [0.4, 0.5) is 0 Å². The van der Waals surface area contributed by atoms with Crippen LogP contribution in [0.15, 0.2) is 59.1 Å². The highest BCUT2D eigenvalue weighted by Crippen LogP contribution is 2.16. The van der Waals surface area contributed by atoms with E-state index in [0.717, 1.165) is 10.0 Å². The average molecular weight is 361 g/mol. The number of allylic oxidation sites excluding steroid dienone is 1. The first kappa shape index (κ1) is 16.0. The van der Waals surface area contributed by atoms with Crippen molar-refractivity contribution in [1.29, 1.82) is 0 Å². The van der Waals surface area contributed by atoms with Gasteiger partial charge in [0, 0.05) is 10.0 Å². The van der Waals surface area contributed by atoms with Gasteiger partial charge in [-0.3, -0.25) is 4.79 Å². The molecule has 0 aliphatic rings. The van der Waals surface area contributed by atoms with E-state index in [1.165, 1.54) is 12.1 Å². The highest BCUT2D eigenvalue weighted by molar-refractivity contribution is 9.10. The standard InChI is InChI=1S/C17H13BrO4/c18-14-5-1-3-12(9-14)7-8-16(19)13-4-2-6-15(10-13)22-11-17(20)21/h1-10H,11H2,(H,20,21)/b8-7+. The lowest BCUT2D eigenvalue weighted by Crippen LogP contribution is -2.09. The Kier molecular flexibility index (Phi) is 5.49. The Morgan fingerprint density at radius 2 is 1.91 bits per heavy atom. The van der Waals surface area contributed by atoms with Crippen molar-refractivity contribution in [3.8, 4) is 5.75 Å². The molecular weight excluding hydrogens is 348 g/mol. The molecule has 0 spiro atoms. The predicted octanol–water partition coefficient (Wildman–Crippen LogP) is 3.81. The normalized spacial score (nSPS) is 10.6. The minimum atomic E-state index is -1.06. The summed E-state index contributed by atoms with van der Waals surface area (Å²) in [4.78, 5) is 22.6. The second-order valence-electron chi connectivity index (χ2n) is 4.46. The van der Waals surface area contributed by atoms with E-state index in [-0.39, 0.29) is 5.78 Å². The molecule has 1 N–H and O–H groups in total. The third kappa shape index (κ3) is 4.86. The van der Waals surface area contributed by atoms with Crippen LogP contribution >= 0.6 is 15.9 Å². The van der Waals surface area contributed by atoms with Gasteiger partial charge in [-0.15, -0.1) is 0 Å². The van der Waals surface area contributed by atoms with Crippen molar-refractivity contribution in [2.24, 2.45) is 0 Å². The third-order valence-corrected chi connectivity index (χ3v) is 3.25. The van der Waals surface area contributed by atoms with Gasteiger partial charge in [0.15, 0.2) is 12.4 Å². The molecule has 2 rings (SSSR count). The maximum Gasteiger partial charge on any atom is 0.341 e. The molecule has 2 aromatic carbocycles. The quantitative estimate of drug-likeness (QED) is 0.628. The van der Waals surface area contributed by atoms with Gasteiger partial charge >= 0.3 is 5.97 Å². The molecule has 0 saturated carbocycles. The van der Waals surface area contributed by atoms with Gasteiger partial charge in [-0.2, -0.15) is 0 Å². The summed E-state index contributed by atoms with van der Waals surface area (Å²) < 4.78 is 5.99. The van der Waals surface area contributed by atoms with E-state index < -0.39 is 12.6 Å². The summed E-state index contributed by atoms with van der Waals surface area (Å²) in [7, 11) is 0. The first-order valence-electron chi connectivity index (χ1n) is 6.47. The lowest BCUT2D eigenvalue weighted by molar-refractivity contribution is -0.139. The number of aliphatic carboxylic acids is 1. The summed E-state index contributed by atoms with van der Waals surface area (Å²) in [5.41, 5.74) is 1.34. The van der Waals surface area contributed by atoms with Crippen molar-refractivity contribution in [3.05, 3.63) is 70.2 Å². The van der Waals surface area contributed by atoms with E-state index in [4.69, 9.17) is 9.84 Å². The lowest BCUT2D eigenvalue weighted by Gasteiger charge is -2.04. The van der Waals surface area contributed by atoms with Gasteiger partial charge in [0.1, 0.15) is 5.75 Å². The Morgan fingerprint density at radius 3 is 2.64 bits per heavy atom. The van der Waals surface area contributed by atoms with E-state index in [9.17, 15) is 9.59 Å². The zero-order chi connectivity index (χ0) is 15.9. The third-order valence-electron chi connectivity index (χ3n) is 2.76. The Hall–Kier alpha value is -2.40. The molecule has 0 radical (unpaired) electrons. The minimum absolute atomic E-state index is 0.180. The molecule has 0 atom stereocenters. The summed E-state index contributed by atoms with van der Waals surface area (Å²) in [5, 5.41) is 8.58. The second-order valence-corrected chi connectivity index (χ2v) is 5.38. The molecule has 112 valence electrons. The van der Waals surface area contributed by atoms with Crippen molar-refractivity contribution in [1.82, 2.24) is 0 Å². The monoisotopic (exact) mass is 360 g/mol. The number of carboxylic acid groups (broad SMARTS) is 1. The van der Waals surface area contributed by atoms with E-state index in [1.807, 2.05) is 24.3 Å². The van der Waals surface area contributed by atoms with Crippen LogP contribution in [0, 0.1) is 0 Å². The fourth-order valence-electron chi connectivity index (χ4n) is 1.76. The van der Waals surface area contributed by atoms with Crippen LogP contribution in [0.2, 0.25) is 0 Å². The number of carbonyl (C=O) groups excluding carboxylic acids is 1. The van der Waals surface area contributed by atoms with Crippen LogP contribution in [0.3, 0.4) is 0 Å². The first-order chi connectivity index (χ1) is 10.5. The fraction of sp³-hybridized carbons (Fsp3) is 0.0588. The Labute approximate surface area is 136 Å². The predicted molar refractivity (Wildman–Crippen MR) is 87.1 cm³/mol. The largest absolute Gasteiger partial charge is 0.482 e. The number of benzene rings is 2. The molecule has 0 amide bonds. The molecule has 0 aromatic heterocycles. The van der Waals surface area contributed by atoms with Gasteiger partial charge in [0.05, 0.1) is 0 Å². The molecule has 0 aliphatic heterocycles. The van der Waals surface area contributed by atoms with Crippen molar-refractivity contribution >= 4 is 33.8 Å².